The van der Waals surface area contributed by atoms with Crippen LogP contribution >= 0.6 is 0 Å². The van der Waals surface area contributed by atoms with E-state index in [2.05, 4.69) is 9.84 Å². The molecule has 0 saturated heterocycles. The predicted molar refractivity (Wildman–Crippen MR) is 59.7 cm³/mol. The fourth-order valence-electron chi connectivity index (χ4n) is 1.88. The van der Waals surface area contributed by atoms with Gasteiger partial charge < -0.3 is 14.6 Å². The third-order valence-corrected chi connectivity index (χ3v) is 2.71. The highest BCUT2D eigenvalue weighted by Crippen LogP contribution is 2.24. The molecule has 1 N–H and O–H groups in total. The number of hydrogen-bond acceptors (Lipinski definition) is 4. The molecule has 0 spiro atoms. The van der Waals surface area contributed by atoms with Crippen molar-refractivity contribution in [3.8, 4) is 5.88 Å². The van der Waals surface area contributed by atoms with Gasteiger partial charge in [0.05, 0.1) is 6.54 Å². The average Bonchev–Trinajstić information content (AvgIpc) is 2.84. The number of aromatic nitrogens is 2. The van der Waals surface area contributed by atoms with E-state index < -0.39 is 18.8 Å². The second kappa shape index (κ2) is 5.70. The van der Waals surface area contributed by atoms with Crippen molar-refractivity contribution in [2.24, 2.45) is 0 Å². The number of fused-ring (bicyclic) bond motifs is 1. The first-order valence-electron chi connectivity index (χ1n) is 5.97. The Hall–Kier alpha value is -1.77. The summed E-state index contributed by atoms with van der Waals surface area (Å²) in [5.41, 5.74) is -0.0908. The van der Waals surface area contributed by atoms with Crippen LogP contribution in [0.4, 0.5) is 13.2 Å². The van der Waals surface area contributed by atoms with Crippen LogP contribution in [0.5, 0.6) is 5.88 Å². The molecule has 2 heterocycles. The van der Waals surface area contributed by atoms with E-state index in [1.165, 1.54) is 10.7 Å². The number of halogens is 3. The van der Waals surface area contributed by atoms with E-state index in [4.69, 9.17) is 9.84 Å². The molecule has 0 aromatic carbocycles. The molecule has 20 heavy (non-hydrogen) atoms. The smallest absolute Gasteiger partial charge is 0.411 e. The number of nitrogens with zero attached hydrogens (tertiary/aromatic N) is 2. The van der Waals surface area contributed by atoms with Crippen LogP contribution in [0.1, 0.15) is 23.3 Å². The number of carboxylic acid groups (broad SMARTS) is 1. The van der Waals surface area contributed by atoms with Gasteiger partial charge in [0.2, 0.25) is 5.88 Å². The minimum atomic E-state index is -4.31. The zero-order valence-corrected chi connectivity index (χ0v) is 10.4. The Morgan fingerprint density at radius 1 is 1.60 bits per heavy atom. The molecule has 0 amide bonds. The Kier molecular flexibility index (Phi) is 4.17. The van der Waals surface area contributed by atoms with Crippen molar-refractivity contribution in [3.05, 3.63) is 11.8 Å². The maximum Gasteiger partial charge on any atom is 0.411 e. The lowest BCUT2D eigenvalue weighted by atomic mass is 10.2. The van der Waals surface area contributed by atoms with Gasteiger partial charge in [0.15, 0.2) is 5.69 Å². The molecule has 0 radical (unpaired) electrons. The van der Waals surface area contributed by atoms with E-state index in [-0.39, 0.29) is 18.4 Å². The van der Waals surface area contributed by atoms with E-state index in [9.17, 15) is 18.0 Å². The van der Waals surface area contributed by atoms with Gasteiger partial charge in [0, 0.05) is 12.7 Å². The lowest BCUT2D eigenvalue weighted by Gasteiger charge is -2.10. The minimum absolute atomic E-state index is 0.00205. The fourth-order valence-corrected chi connectivity index (χ4v) is 1.88. The van der Waals surface area contributed by atoms with Gasteiger partial charge in [-0.1, -0.05) is 0 Å². The summed E-state index contributed by atoms with van der Waals surface area (Å²) in [7, 11) is 0. The first kappa shape index (κ1) is 14.6. The van der Waals surface area contributed by atoms with Gasteiger partial charge in [0.1, 0.15) is 12.7 Å². The van der Waals surface area contributed by atoms with Crippen molar-refractivity contribution in [2.45, 2.75) is 31.7 Å². The van der Waals surface area contributed by atoms with Gasteiger partial charge in [-0.15, -0.1) is 0 Å². The molecule has 2 rings (SSSR count). The summed E-state index contributed by atoms with van der Waals surface area (Å²) in [6, 6.07) is 1.32. The van der Waals surface area contributed by atoms with Crippen LogP contribution in [0.25, 0.3) is 0 Å². The summed E-state index contributed by atoms with van der Waals surface area (Å²) in [5, 5.41) is 12.6. The highest BCUT2D eigenvalue weighted by atomic mass is 19.4. The number of rotatable bonds is 6. The Morgan fingerprint density at radius 2 is 2.35 bits per heavy atom. The van der Waals surface area contributed by atoms with Crippen molar-refractivity contribution in [2.75, 3.05) is 13.2 Å². The highest BCUT2D eigenvalue weighted by Gasteiger charge is 2.28. The highest BCUT2D eigenvalue weighted by molar-refractivity contribution is 5.85. The molecule has 0 bridgehead atoms. The normalized spacial score (nSPS) is 17.9. The van der Waals surface area contributed by atoms with Gasteiger partial charge in [-0.3, -0.25) is 0 Å². The Morgan fingerprint density at radius 3 is 2.95 bits per heavy atom. The first-order valence-corrected chi connectivity index (χ1v) is 5.97. The summed E-state index contributed by atoms with van der Waals surface area (Å²) < 4.78 is 46.8. The molecular weight excluding hydrogens is 281 g/mol. The van der Waals surface area contributed by atoms with Crippen LogP contribution in [0.3, 0.4) is 0 Å². The monoisotopic (exact) mass is 294 g/mol. The molecule has 1 atom stereocenters. The molecule has 0 fully saturated rings. The lowest BCUT2D eigenvalue weighted by Crippen LogP contribution is -2.19. The van der Waals surface area contributed by atoms with Gasteiger partial charge in [0.25, 0.3) is 0 Å². The second-order valence-electron chi connectivity index (χ2n) is 4.40. The van der Waals surface area contributed by atoms with Crippen LogP contribution in [0, 0.1) is 0 Å². The van der Waals surface area contributed by atoms with Crippen molar-refractivity contribution in [3.63, 3.8) is 0 Å². The van der Waals surface area contributed by atoms with Crippen LogP contribution in [0.15, 0.2) is 6.07 Å². The number of alkyl halides is 3. The maximum atomic E-state index is 11.8. The molecule has 1 aliphatic rings. The predicted octanol–water partition coefficient (Wildman–Crippen LogP) is 1.70. The van der Waals surface area contributed by atoms with Crippen molar-refractivity contribution >= 4 is 5.97 Å². The largest absolute Gasteiger partial charge is 0.476 e. The Balaban J connectivity index is 1.68. The molecule has 9 heteroatoms. The van der Waals surface area contributed by atoms with E-state index in [0.717, 1.165) is 0 Å². The molecule has 1 aromatic rings. The van der Waals surface area contributed by atoms with Gasteiger partial charge in [-0.25, -0.2) is 9.48 Å². The summed E-state index contributed by atoms with van der Waals surface area (Å²) in [4.78, 5) is 10.7. The number of aromatic carboxylic acids is 1. The number of ether oxygens (including phenoxy) is 2. The first-order chi connectivity index (χ1) is 9.35. The maximum absolute atomic E-state index is 11.8. The molecule has 1 aliphatic heterocycles. The van der Waals surface area contributed by atoms with E-state index >= 15 is 0 Å². The minimum Gasteiger partial charge on any atom is -0.476 e. The van der Waals surface area contributed by atoms with Gasteiger partial charge >= 0.3 is 12.1 Å². The zero-order chi connectivity index (χ0) is 14.8. The second-order valence-corrected chi connectivity index (χ2v) is 4.40. The van der Waals surface area contributed by atoms with Crippen LogP contribution < -0.4 is 4.74 Å². The van der Waals surface area contributed by atoms with Crippen LogP contribution in [0.2, 0.25) is 0 Å². The van der Waals surface area contributed by atoms with Crippen molar-refractivity contribution in [1.29, 1.82) is 0 Å². The summed E-state index contributed by atoms with van der Waals surface area (Å²) in [6.45, 7) is -0.855. The topological polar surface area (TPSA) is 73.6 Å². The number of carbonyl (C=O) groups is 1. The summed E-state index contributed by atoms with van der Waals surface area (Å²) >= 11 is 0. The van der Waals surface area contributed by atoms with Gasteiger partial charge in [-0.05, 0) is 12.8 Å². The fraction of sp³-hybridized carbons (Fsp3) is 0.636. The van der Waals surface area contributed by atoms with E-state index in [1.54, 1.807) is 0 Å². The number of hydrogen-bond donors (Lipinski definition) is 1. The molecule has 0 aliphatic carbocycles. The quantitative estimate of drug-likeness (QED) is 0.808. The SMILES string of the molecule is O=C(O)c1cc2n(n1)CC(CCCOCC(F)(F)F)O2. The third-order valence-electron chi connectivity index (χ3n) is 2.71. The third kappa shape index (κ3) is 3.86. The standard InChI is InChI=1S/C11H13F3N2O4/c12-11(13,14)6-19-3-1-2-7-5-16-9(20-7)4-8(15-16)10(17)18/h4,7H,1-3,5-6H2,(H,17,18). The molecular formula is C11H13F3N2O4. The van der Waals surface area contributed by atoms with Crippen LogP contribution in [-0.2, 0) is 11.3 Å². The zero-order valence-electron chi connectivity index (χ0n) is 10.4. The van der Waals surface area contributed by atoms with Crippen molar-refractivity contribution < 1.29 is 32.5 Å². The van der Waals surface area contributed by atoms with Gasteiger partial charge in [-0.2, -0.15) is 18.3 Å². The Labute approximate surface area is 112 Å². The molecule has 0 saturated carbocycles. The molecule has 6 nitrogen and oxygen atoms in total. The van der Waals surface area contributed by atoms with E-state index in [1.807, 2.05) is 0 Å². The summed E-state index contributed by atoms with van der Waals surface area (Å²) in [5.74, 6) is -0.767. The lowest BCUT2D eigenvalue weighted by molar-refractivity contribution is -0.174. The number of carboxylic acids is 1. The van der Waals surface area contributed by atoms with Crippen molar-refractivity contribution in [1.82, 2.24) is 9.78 Å². The molecule has 1 aromatic heterocycles. The van der Waals surface area contributed by atoms with E-state index in [0.29, 0.717) is 25.3 Å². The molecule has 112 valence electrons. The van der Waals surface area contributed by atoms with Crippen LogP contribution in [-0.4, -0.2) is 46.4 Å². The Bertz CT molecular complexity index is 463. The summed E-state index contributed by atoms with van der Waals surface area (Å²) in [6.07, 6.45) is -3.57. The molecule has 1 unspecified atom stereocenters. The average molecular weight is 294 g/mol.